The van der Waals surface area contributed by atoms with E-state index in [0.717, 1.165) is 34.3 Å². The largest absolute Gasteiger partial charge is 0.396 e. The molecule has 0 unspecified atom stereocenters. The summed E-state index contributed by atoms with van der Waals surface area (Å²) < 4.78 is 1.82. The Hall–Kier alpha value is -3.36. The van der Waals surface area contributed by atoms with E-state index in [4.69, 9.17) is 0 Å². The molecule has 2 aromatic carbocycles. The van der Waals surface area contributed by atoms with Crippen LogP contribution in [0.1, 0.15) is 34.5 Å². The maximum Gasteiger partial charge on any atom is 0.252 e. The Labute approximate surface area is 192 Å². The summed E-state index contributed by atoms with van der Waals surface area (Å²) in [5.74, 6) is 0.744. The van der Waals surface area contributed by atoms with E-state index in [1.165, 1.54) is 5.56 Å². The van der Waals surface area contributed by atoms with Gasteiger partial charge in [0.05, 0.1) is 12.1 Å². The molecule has 0 aliphatic rings. The zero-order valence-electron chi connectivity index (χ0n) is 19.2. The Bertz CT molecular complexity index is 1270. The minimum absolute atomic E-state index is 0.0851. The Kier molecular flexibility index (Phi) is 7.26. The van der Waals surface area contributed by atoms with E-state index in [-0.39, 0.29) is 12.2 Å². The van der Waals surface area contributed by atoms with Gasteiger partial charge in [-0.05, 0) is 59.9 Å². The highest BCUT2D eigenvalue weighted by Crippen LogP contribution is 2.20. The van der Waals surface area contributed by atoms with Gasteiger partial charge >= 0.3 is 0 Å². The highest BCUT2D eigenvalue weighted by molar-refractivity contribution is 5.85. The molecule has 2 heterocycles. The number of aryl methyl sites for hydroxylation is 4. The number of benzene rings is 2. The number of nitrogens with zero attached hydrogens (tertiary/aromatic N) is 5. The molecule has 2 N–H and O–H groups in total. The second-order valence-electron chi connectivity index (χ2n) is 8.45. The van der Waals surface area contributed by atoms with Gasteiger partial charge in [-0.2, -0.15) is 0 Å². The third kappa shape index (κ3) is 5.53. The van der Waals surface area contributed by atoms with Gasteiger partial charge in [0.25, 0.3) is 5.56 Å². The first-order valence-corrected chi connectivity index (χ1v) is 11.3. The summed E-state index contributed by atoms with van der Waals surface area (Å²) in [6.07, 6.45) is 1.44. The number of nitrogens with one attached hydrogen (secondary N) is 1. The van der Waals surface area contributed by atoms with Crippen molar-refractivity contribution >= 4 is 10.9 Å². The number of hydrogen-bond acceptors (Lipinski definition) is 6. The van der Waals surface area contributed by atoms with E-state index in [2.05, 4.69) is 43.6 Å². The van der Waals surface area contributed by atoms with Gasteiger partial charge in [-0.3, -0.25) is 9.69 Å². The second kappa shape index (κ2) is 10.5. The number of aliphatic hydroxyl groups is 1. The third-order valence-electron chi connectivity index (χ3n) is 5.97. The van der Waals surface area contributed by atoms with Crippen molar-refractivity contribution in [2.45, 2.75) is 46.3 Å². The summed E-state index contributed by atoms with van der Waals surface area (Å²) in [4.78, 5) is 18.0. The van der Waals surface area contributed by atoms with Gasteiger partial charge in [-0.25, -0.2) is 4.68 Å². The maximum absolute atomic E-state index is 12.9. The molecular weight excluding hydrogens is 416 g/mol. The SMILES string of the molecule is Cc1ccc(C)c2[nH]c(=O)c(CN(CCCO)Cc3nnnn3CCc3ccccc3)cc12. The van der Waals surface area contributed by atoms with Crippen molar-refractivity contribution in [1.29, 1.82) is 0 Å². The molecule has 8 heteroatoms. The fourth-order valence-electron chi connectivity index (χ4n) is 4.07. The van der Waals surface area contributed by atoms with Gasteiger partial charge in [-0.1, -0.05) is 42.5 Å². The molecule has 0 aliphatic carbocycles. The van der Waals surface area contributed by atoms with Crippen LogP contribution in [-0.4, -0.2) is 48.3 Å². The van der Waals surface area contributed by atoms with Crippen LogP contribution in [0.2, 0.25) is 0 Å². The van der Waals surface area contributed by atoms with Crippen molar-refractivity contribution in [3.8, 4) is 0 Å². The minimum Gasteiger partial charge on any atom is -0.396 e. The second-order valence-corrected chi connectivity index (χ2v) is 8.45. The fraction of sp³-hybridized carbons (Fsp3) is 0.360. The number of H-pyrrole nitrogens is 1. The Morgan fingerprint density at radius 2 is 1.85 bits per heavy atom. The molecule has 0 aliphatic heterocycles. The highest BCUT2D eigenvalue weighted by atomic mass is 16.3. The molecule has 0 saturated carbocycles. The predicted octanol–water partition coefficient (Wildman–Crippen LogP) is 2.76. The molecule has 0 amide bonds. The number of pyridine rings is 1. The predicted molar refractivity (Wildman–Crippen MR) is 128 cm³/mol. The lowest BCUT2D eigenvalue weighted by molar-refractivity contribution is 0.206. The van der Waals surface area contributed by atoms with Crippen molar-refractivity contribution < 1.29 is 5.11 Å². The number of aromatic amines is 1. The number of aliphatic hydroxyl groups excluding tert-OH is 1. The molecule has 0 radical (unpaired) electrons. The Morgan fingerprint density at radius 3 is 2.64 bits per heavy atom. The van der Waals surface area contributed by atoms with Crippen LogP contribution in [0.3, 0.4) is 0 Å². The molecule has 4 aromatic rings. The van der Waals surface area contributed by atoms with E-state index in [0.29, 0.717) is 38.2 Å². The van der Waals surface area contributed by atoms with Crippen molar-refractivity contribution in [3.05, 3.63) is 87.0 Å². The van der Waals surface area contributed by atoms with Crippen LogP contribution in [0, 0.1) is 13.8 Å². The number of aromatic nitrogens is 5. The van der Waals surface area contributed by atoms with Gasteiger partial charge in [0.15, 0.2) is 5.82 Å². The highest BCUT2D eigenvalue weighted by Gasteiger charge is 2.16. The first-order valence-electron chi connectivity index (χ1n) is 11.3. The number of hydrogen-bond donors (Lipinski definition) is 2. The number of rotatable bonds is 10. The van der Waals surface area contributed by atoms with Gasteiger partial charge in [0, 0.05) is 37.2 Å². The number of fused-ring (bicyclic) bond motifs is 1. The van der Waals surface area contributed by atoms with Gasteiger partial charge in [0.2, 0.25) is 0 Å². The maximum atomic E-state index is 12.9. The molecular formula is C25H30N6O2. The Morgan fingerprint density at radius 1 is 1.06 bits per heavy atom. The summed E-state index contributed by atoms with van der Waals surface area (Å²) >= 11 is 0. The van der Waals surface area contributed by atoms with Crippen LogP contribution >= 0.6 is 0 Å². The van der Waals surface area contributed by atoms with Crippen molar-refractivity contribution in [2.24, 2.45) is 0 Å². The number of tetrazole rings is 1. The minimum atomic E-state index is -0.0890. The molecule has 4 rings (SSSR count). The summed E-state index contributed by atoms with van der Waals surface area (Å²) in [6, 6.07) is 16.3. The zero-order chi connectivity index (χ0) is 23.2. The van der Waals surface area contributed by atoms with Crippen LogP contribution in [0.4, 0.5) is 0 Å². The average molecular weight is 447 g/mol. The monoisotopic (exact) mass is 446 g/mol. The van der Waals surface area contributed by atoms with Crippen molar-refractivity contribution in [2.75, 3.05) is 13.2 Å². The smallest absolute Gasteiger partial charge is 0.252 e. The van der Waals surface area contributed by atoms with Crippen LogP contribution in [-0.2, 0) is 26.1 Å². The molecule has 33 heavy (non-hydrogen) atoms. The summed E-state index contributed by atoms with van der Waals surface area (Å²) in [6.45, 7) is 6.38. The van der Waals surface area contributed by atoms with Crippen LogP contribution in [0.5, 0.6) is 0 Å². The molecule has 0 atom stereocenters. The van der Waals surface area contributed by atoms with E-state index < -0.39 is 0 Å². The van der Waals surface area contributed by atoms with E-state index >= 15 is 0 Å². The van der Waals surface area contributed by atoms with Gasteiger partial charge in [-0.15, -0.1) is 5.10 Å². The summed E-state index contributed by atoms with van der Waals surface area (Å²) in [7, 11) is 0. The van der Waals surface area contributed by atoms with E-state index in [1.54, 1.807) is 0 Å². The van der Waals surface area contributed by atoms with E-state index in [9.17, 15) is 9.90 Å². The first kappa shape index (κ1) is 22.8. The lowest BCUT2D eigenvalue weighted by Gasteiger charge is -2.21. The Balaban J connectivity index is 1.54. The van der Waals surface area contributed by atoms with Crippen molar-refractivity contribution in [3.63, 3.8) is 0 Å². The molecule has 2 aromatic heterocycles. The third-order valence-corrected chi connectivity index (χ3v) is 5.97. The van der Waals surface area contributed by atoms with Crippen molar-refractivity contribution in [1.82, 2.24) is 30.1 Å². The zero-order valence-corrected chi connectivity index (χ0v) is 19.2. The standard InChI is InChI=1S/C25H30N6O2/c1-18-9-10-19(2)24-22(18)15-21(25(33)26-24)16-30(12-6-14-32)17-23-27-28-29-31(23)13-11-20-7-4-3-5-8-20/h3-5,7-10,15,32H,6,11-14,16-17H2,1-2H3,(H,26,33). The normalized spacial score (nSPS) is 11.5. The van der Waals surface area contributed by atoms with Crippen LogP contribution in [0.25, 0.3) is 10.9 Å². The topological polar surface area (TPSA) is 99.9 Å². The lowest BCUT2D eigenvalue weighted by Crippen LogP contribution is -2.29. The fourth-order valence-corrected chi connectivity index (χ4v) is 4.07. The molecule has 172 valence electrons. The summed E-state index contributed by atoms with van der Waals surface area (Å²) in [5, 5.41) is 22.7. The lowest BCUT2D eigenvalue weighted by atomic mass is 10.0. The van der Waals surface area contributed by atoms with Crippen LogP contribution in [0.15, 0.2) is 53.3 Å². The van der Waals surface area contributed by atoms with Gasteiger partial charge in [0.1, 0.15) is 0 Å². The molecule has 0 saturated heterocycles. The molecule has 0 fully saturated rings. The van der Waals surface area contributed by atoms with E-state index in [1.807, 2.05) is 48.9 Å². The quantitative estimate of drug-likeness (QED) is 0.389. The van der Waals surface area contributed by atoms with Crippen LogP contribution < -0.4 is 5.56 Å². The average Bonchev–Trinajstić information content (AvgIpc) is 3.27. The summed E-state index contributed by atoms with van der Waals surface area (Å²) in [5.41, 5.74) is 4.89. The molecule has 0 spiro atoms. The first-order chi connectivity index (χ1) is 16.0. The molecule has 0 bridgehead atoms. The van der Waals surface area contributed by atoms with Gasteiger partial charge < -0.3 is 10.1 Å². The molecule has 8 nitrogen and oxygen atoms in total.